The van der Waals surface area contributed by atoms with E-state index in [1.165, 1.54) is 6.39 Å². The fourth-order valence-corrected chi connectivity index (χ4v) is 0.900. The Labute approximate surface area is 58.5 Å². The lowest BCUT2D eigenvalue weighted by Crippen LogP contribution is -1.69. The standard InChI is InChI=1S/C8H6NO/c1-6-2-3-7-8(4-6)10-5-9-7/h2-5H,1H2. The molecule has 0 saturated heterocycles. The van der Waals surface area contributed by atoms with Crippen molar-refractivity contribution in [2.24, 2.45) is 0 Å². The maximum atomic E-state index is 5.05. The third-order valence-electron chi connectivity index (χ3n) is 1.40. The summed E-state index contributed by atoms with van der Waals surface area (Å²) < 4.78 is 5.05. The van der Waals surface area contributed by atoms with E-state index in [2.05, 4.69) is 11.9 Å². The maximum absolute atomic E-state index is 5.05. The van der Waals surface area contributed by atoms with Crippen LogP contribution in [0.5, 0.6) is 0 Å². The summed E-state index contributed by atoms with van der Waals surface area (Å²) in [5.74, 6) is 0. The Morgan fingerprint density at radius 1 is 1.40 bits per heavy atom. The molecule has 0 amide bonds. The molecule has 2 rings (SSSR count). The highest BCUT2D eigenvalue weighted by Crippen LogP contribution is 2.12. The van der Waals surface area contributed by atoms with Crippen LogP contribution in [0.15, 0.2) is 29.0 Å². The van der Waals surface area contributed by atoms with Gasteiger partial charge >= 0.3 is 0 Å². The number of aromatic nitrogens is 1. The van der Waals surface area contributed by atoms with Crippen molar-refractivity contribution in [2.75, 3.05) is 0 Å². The van der Waals surface area contributed by atoms with Crippen LogP contribution in [0.3, 0.4) is 0 Å². The van der Waals surface area contributed by atoms with E-state index in [9.17, 15) is 0 Å². The van der Waals surface area contributed by atoms with Crippen LogP contribution in [0.1, 0.15) is 5.56 Å². The number of benzene rings is 1. The first-order valence-electron chi connectivity index (χ1n) is 3.01. The average molecular weight is 132 g/mol. The number of rotatable bonds is 0. The third-order valence-corrected chi connectivity index (χ3v) is 1.40. The Morgan fingerprint density at radius 2 is 2.30 bits per heavy atom. The first-order chi connectivity index (χ1) is 4.86. The minimum absolute atomic E-state index is 0.799. The second-order valence-corrected chi connectivity index (χ2v) is 2.15. The molecule has 2 heteroatoms. The van der Waals surface area contributed by atoms with Crippen LogP contribution in [0.25, 0.3) is 11.1 Å². The largest absolute Gasteiger partial charge is 0.443 e. The van der Waals surface area contributed by atoms with Crippen molar-refractivity contribution in [3.8, 4) is 0 Å². The quantitative estimate of drug-likeness (QED) is 0.548. The topological polar surface area (TPSA) is 26.0 Å². The van der Waals surface area contributed by atoms with Gasteiger partial charge in [0.1, 0.15) is 5.52 Å². The summed E-state index contributed by atoms with van der Waals surface area (Å²) in [5.41, 5.74) is 2.63. The van der Waals surface area contributed by atoms with Crippen LogP contribution in [0.4, 0.5) is 0 Å². The Hall–Kier alpha value is -1.31. The van der Waals surface area contributed by atoms with Crippen LogP contribution >= 0.6 is 0 Å². The highest BCUT2D eigenvalue weighted by atomic mass is 16.3. The van der Waals surface area contributed by atoms with E-state index in [1.807, 2.05) is 18.2 Å². The minimum atomic E-state index is 0.799. The molecule has 49 valence electrons. The molecular weight excluding hydrogens is 126 g/mol. The minimum Gasteiger partial charge on any atom is -0.443 e. The molecule has 2 nitrogen and oxygen atoms in total. The van der Waals surface area contributed by atoms with E-state index >= 15 is 0 Å². The van der Waals surface area contributed by atoms with E-state index in [4.69, 9.17) is 4.42 Å². The molecular formula is C8H6NO. The van der Waals surface area contributed by atoms with Gasteiger partial charge in [0, 0.05) is 0 Å². The zero-order chi connectivity index (χ0) is 6.97. The Morgan fingerprint density at radius 3 is 3.20 bits per heavy atom. The van der Waals surface area contributed by atoms with Crippen molar-refractivity contribution in [1.29, 1.82) is 0 Å². The van der Waals surface area contributed by atoms with Crippen molar-refractivity contribution in [2.45, 2.75) is 0 Å². The van der Waals surface area contributed by atoms with E-state index in [1.54, 1.807) is 0 Å². The van der Waals surface area contributed by atoms with Gasteiger partial charge in [0.15, 0.2) is 12.0 Å². The summed E-state index contributed by atoms with van der Waals surface area (Å²) in [4.78, 5) is 3.97. The summed E-state index contributed by atoms with van der Waals surface area (Å²) in [7, 11) is 0. The average Bonchev–Trinajstić information content (AvgIpc) is 2.33. The van der Waals surface area contributed by atoms with Crippen molar-refractivity contribution in [1.82, 2.24) is 4.98 Å². The molecule has 1 aromatic carbocycles. The molecule has 0 aliphatic carbocycles. The number of nitrogens with zero attached hydrogens (tertiary/aromatic N) is 1. The molecule has 0 saturated carbocycles. The first-order valence-corrected chi connectivity index (χ1v) is 3.01. The number of hydrogen-bond acceptors (Lipinski definition) is 2. The zero-order valence-electron chi connectivity index (χ0n) is 5.37. The molecule has 0 spiro atoms. The first kappa shape index (κ1) is 5.47. The van der Waals surface area contributed by atoms with E-state index < -0.39 is 0 Å². The normalized spacial score (nSPS) is 10.5. The highest BCUT2D eigenvalue weighted by molar-refractivity contribution is 5.72. The molecule has 0 aliphatic heterocycles. The summed E-state index contributed by atoms with van der Waals surface area (Å²) >= 11 is 0. The number of oxazole rings is 1. The van der Waals surface area contributed by atoms with Crippen molar-refractivity contribution < 1.29 is 4.42 Å². The van der Waals surface area contributed by atoms with Crippen LogP contribution in [-0.4, -0.2) is 4.98 Å². The van der Waals surface area contributed by atoms with Gasteiger partial charge in [-0.3, -0.25) is 0 Å². The molecule has 1 radical (unpaired) electrons. The van der Waals surface area contributed by atoms with Crippen LogP contribution < -0.4 is 0 Å². The molecule has 2 aromatic rings. The second-order valence-electron chi connectivity index (χ2n) is 2.15. The van der Waals surface area contributed by atoms with Gasteiger partial charge in [-0.05, 0) is 24.6 Å². The van der Waals surface area contributed by atoms with E-state index in [0.29, 0.717) is 0 Å². The number of hydrogen-bond donors (Lipinski definition) is 0. The van der Waals surface area contributed by atoms with Crippen LogP contribution in [0, 0.1) is 6.92 Å². The van der Waals surface area contributed by atoms with Gasteiger partial charge in [0.05, 0.1) is 0 Å². The van der Waals surface area contributed by atoms with Crippen LogP contribution in [0.2, 0.25) is 0 Å². The summed E-state index contributed by atoms with van der Waals surface area (Å²) in [6.45, 7) is 3.76. The fraction of sp³-hybridized carbons (Fsp3) is 0. The van der Waals surface area contributed by atoms with E-state index in [0.717, 1.165) is 16.7 Å². The predicted octanol–water partition coefficient (Wildman–Crippen LogP) is 2.01. The molecule has 0 atom stereocenters. The predicted molar refractivity (Wildman–Crippen MR) is 38.5 cm³/mol. The third kappa shape index (κ3) is 0.692. The zero-order valence-corrected chi connectivity index (χ0v) is 5.37. The van der Waals surface area contributed by atoms with Crippen molar-refractivity contribution in [3.05, 3.63) is 37.1 Å². The molecule has 0 unspecified atom stereocenters. The maximum Gasteiger partial charge on any atom is 0.181 e. The molecule has 10 heavy (non-hydrogen) atoms. The molecule has 1 heterocycles. The summed E-state index contributed by atoms with van der Waals surface area (Å²) in [5, 5.41) is 0. The smallest absolute Gasteiger partial charge is 0.181 e. The molecule has 1 aromatic heterocycles. The molecule has 0 fully saturated rings. The van der Waals surface area contributed by atoms with E-state index in [-0.39, 0.29) is 0 Å². The fourth-order valence-electron chi connectivity index (χ4n) is 0.900. The Balaban J connectivity index is 2.86. The Bertz CT molecular complexity index is 351. The van der Waals surface area contributed by atoms with Gasteiger partial charge in [0.25, 0.3) is 0 Å². The molecule has 0 bridgehead atoms. The van der Waals surface area contributed by atoms with Crippen LogP contribution in [-0.2, 0) is 0 Å². The van der Waals surface area contributed by atoms with Gasteiger partial charge in [0.2, 0.25) is 0 Å². The Kier molecular flexibility index (Phi) is 1.01. The van der Waals surface area contributed by atoms with Gasteiger partial charge in [-0.15, -0.1) is 0 Å². The lowest BCUT2D eigenvalue weighted by Gasteiger charge is -1.87. The highest BCUT2D eigenvalue weighted by Gasteiger charge is 1.95. The molecule has 0 aliphatic rings. The second kappa shape index (κ2) is 1.84. The lowest BCUT2D eigenvalue weighted by molar-refractivity contribution is 0.602. The van der Waals surface area contributed by atoms with Gasteiger partial charge < -0.3 is 4.42 Å². The summed E-state index contributed by atoms with van der Waals surface area (Å²) in [6, 6.07) is 5.66. The number of fused-ring (bicyclic) bond motifs is 1. The lowest BCUT2D eigenvalue weighted by atomic mass is 10.2. The molecule has 0 N–H and O–H groups in total. The van der Waals surface area contributed by atoms with Gasteiger partial charge in [-0.25, -0.2) is 4.98 Å². The van der Waals surface area contributed by atoms with Crippen molar-refractivity contribution in [3.63, 3.8) is 0 Å². The summed E-state index contributed by atoms with van der Waals surface area (Å²) in [6.07, 6.45) is 1.43. The SMILES string of the molecule is [CH2]c1ccc2ncoc2c1. The van der Waals surface area contributed by atoms with Crippen molar-refractivity contribution >= 4 is 11.1 Å². The van der Waals surface area contributed by atoms with Gasteiger partial charge in [-0.2, -0.15) is 0 Å². The van der Waals surface area contributed by atoms with Gasteiger partial charge in [-0.1, -0.05) is 6.07 Å². The monoisotopic (exact) mass is 132 g/mol.